The van der Waals surface area contributed by atoms with Gasteiger partial charge in [0.25, 0.3) is 0 Å². The number of nitrogens with two attached hydrogens (primary N) is 1. The number of hydrogen-bond donors (Lipinski definition) is 1. The topological polar surface area (TPSA) is 26.0 Å². The maximum Gasteiger partial charge on any atom is 0.0295 e. The number of hydrogen-bond acceptors (Lipinski definition) is 1. The van der Waals surface area contributed by atoms with Gasteiger partial charge in [0, 0.05) is 10.5 Å². The molecule has 0 saturated carbocycles. The van der Waals surface area contributed by atoms with Gasteiger partial charge in [-0.3, -0.25) is 0 Å². The quantitative estimate of drug-likeness (QED) is 0.692. The minimum absolute atomic E-state index is 0.171. The van der Waals surface area contributed by atoms with Crippen LogP contribution in [-0.4, -0.2) is 0 Å². The van der Waals surface area contributed by atoms with E-state index in [1.165, 1.54) is 42.0 Å². The Hall–Kier alpha value is -0.860. The first kappa shape index (κ1) is 14.5. The molecule has 2 rings (SSSR count). The van der Waals surface area contributed by atoms with Gasteiger partial charge in [0.2, 0.25) is 0 Å². The minimum Gasteiger partial charge on any atom is -0.324 e. The summed E-state index contributed by atoms with van der Waals surface area (Å²) in [5.74, 6) is 0. The van der Waals surface area contributed by atoms with E-state index in [2.05, 4.69) is 59.3 Å². The predicted molar refractivity (Wildman–Crippen MR) is 87.3 cm³/mol. The lowest BCUT2D eigenvalue weighted by atomic mass is 9.98. The average molecular weight is 320 g/mol. The summed E-state index contributed by atoms with van der Waals surface area (Å²) in [5, 5.41) is 2.53. The van der Waals surface area contributed by atoms with Crippen LogP contribution in [0, 0.1) is 0 Å². The molecule has 2 aromatic rings. The molecule has 2 heteroatoms. The molecule has 0 aliphatic heterocycles. The molecule has 19 heavy (non-hydrogen) atoms. The lowest BCUT2D eigenvalue weighted by Crippen LogP contribution is -2.09. The second-order valence-electron chi connectivity index (χ2n) is 5.21. The van der Waals surface area contributed by atoms with Gasteiger partial charge in [-0.2, -0.15) is 0 Å². The summed E-state index contributed by atoms with van der Waals surface area (Å²) in [6.07, 6.45) is 6.21. The minimum atomic E-state index is 0.171. The fourth-order valence-corrected chi connectivity index (χ4v) is 2.80. The molecule has 0 saturated heterocycles. The third-order valence-electron chi connectivity index (χ3n) is 3.62. The maximum atomic E-state index is 6.29. The zero-order valence-corrected chi connectivity index (χ0v) is 13.1. The van der Waals surface area contributed by atoms with Crippen molar-refractivity contribution in [2.24, 2.45) is 5.73 Å². The summed E-state index contributed by atoms with van der Waals surface area (Å²) in [5.41, 5.74) is 7.54. The Morgan fingerprint density at radius 3 is 2.53 bits per heavy atom. The number of benzene rings is 2. The summed E-state index contributed by atoms with van der Waals surface area (Å²) < 4.78 is 1.12. The van der Waals surface area contributed by atoms with Gasteiger partial charge in [0.1, 0.15) is 0 Å². The Bertz CT molecular complexity index is 536. The smallest absolute Gasteiger partial charge is 0.0295 e. The molecule has 0 radical (unpaired) electrons. The van der Waals surface area contributed by atoms with Crippen molar-refractivity contribution in [2.75, 3.05) is 0 Å². The first-order chi connectivity index (χ1) is 9.20. The molecule has 0 amide bonds. The highest BCUT2D eigenvalue weighted by molar-refractivity contribution is 9.10. The Morgan fingerprint density at radius 2 is 1.74 bits per heavy atom. The third-order valence-corrected chi connectivity index (χ3v) is 4.12. The fraction of sp³-hybridized carbons (Fsp3) is 0.412. The van der Waals surface area contributed by atoms with Crippen LogP contribution >= 0.6 is 15.9 Å². The number of rotatable bonds is 6. The Balaban J connectivity index is 2.05. The molecule has 2 N–H and O–H groups in total. The molecular formula is C17H22BrN. The SMILES string of the molecule is CCCCCCC(N)c1ccc2cc(Br)ccc2c1. The van der Waals surface area contributed by atoms with Gasteiger partial charge in [-0.25, -0.2) is 0 Å². The van der Waals surface area contributed by atoms with Crippen molar-refractivity contribution in [1.82, 2.24) is 0 Å². The first-order valence-electron chi connectivity index (χ1n) is 7.15. The van der Waals surface area contributed by atoms with Crippen LogP contribution in [0.3, 0.4) is 0 Å². The predicted octanol–water partition coefficient (Wildman–Crippen LogP) is 5.57. The van der Waals surface area contributed by atoms with Gasteiger partial charge < -0.3 is 5.73 Å². The van der Waals surface area contributed by atoms with Crippen LogP contribution in [-0.2, 0) is 0 Å². The molecule has 1 atom stereocenters. The van der Waals surface area contributed by atoms with Gasteiger partial charge in [-0.1, -0.05) is 66.7 Å². The number of halogens is 1. The molecule has 2 aromatic carbocycles. The lowest BCUT2D eigenvalue weighted by Gasteiger charge is -2.13. The lowest BCUT2D eigenvalue weighted by molar-refractivity contribution is 0.566. The Labute approximate surface area is 124 Å². The summed E-state index contributed by atoms with van der Waals surface area (Å²) >= 11 is 3.50. The highest BCUT2D eigenvalue weighted by atomic mass is 79.9. The van der Waals surface area contributed by atoms with E-state index < -0.39 is 0 Å². The molecule has 1 unspecified atom stereocenters. The molecule has 0 aliphatic rings. The largest absolute Gasteiger partial charge is 0.324 e. The van der Waals surface area contributed by atoms with Crippen LogP contribution in [0.2, 0.25) is 0 Å². The molecule has 0 spiro atoms. The normalized spacial score (nSPS) is 12.8. The van der Waals surface area contributed by atoms with Crippen molar-refractivity contribution in [3.63, 3.8) is 0 Å². The van der Waals surface area contributed by atoms with Crippen molar-refractivity contribution in [3.8, 4) is 0 Å². The highest BCUT2D eigenvalue weighted by Gasteiger charge is 2.06. The second kappa shape index (κ2) is 7.06. The van der Waals surface area contributed by atoms with Gasteiger partial charge in [-0.15, -0.1) is 0 Å². The van der Waals surface area contributed by atoms with E-state index in [9.17, 15) is 0 Å². The summed E-state index contributed by atoms with van der Waals surface area (Å²) in [7, 11) is 0. The van der Waals surface area contributed by atoms with E-state index >= 15 is 0 Å². The van der Waals surface area contributed by atoms with Crippen molar-refractivity contribution in [3.05, 3.63) is 46.4 Å². The third kappa shape index (κ3) is 4.05. The molecule has 0 bridgehead atoms. The zero-order valence-electron chi connectivity index (χ0n) is 11.5. The summed E-state index contributed by atoms with van der Waals surface area (Å²) in [4.78, 5) is 0. The van der Waals surface area contributed by atoms with E-state index in [0.717, 1.165) is 10.9 Å². The van der Waals surface area contributed by atoms with Crippen molar-refractivity contribution in [2.45, 2.75) is 45.1 Å². The van der Waals surface area contributed by atoms with E-state index in [1.54, 1.807) is 0 Å². The number of unbranched alkanes of at least 4 members (excludes halogenated alkanes) is 3. The second-order valence-corrected chi connectivity index (χ2v) is 6.12. The summed E-state index contributed by atoms with van der Waals surface area (Å²) in [6, 6.07) is 13.1. The van der Waals surface area contributed by atoms with Crippen LogP contribution < -0.4 is 5.73 Å². The van der Waals surface area contributed by atoms with E-state index in [-0.39, 0.29) is 6.04 Å². The fourth-order valence-electron chi connectivity index (χ4n) is 2.42. The molecule has 1 nitrogen and oxygen atoms in total. The molecule has 0 aromatic heterocycles. The van der Waals surface area contributed by atoms with Gasteiger partial charge >= 0.3 is 0 Å². The van der Waals surface area contributed by atoms with Crippen LogP contribution in [0.5, 0.6) is 0 Å². The average Bonchev–Trinajstić information content (AvgIpc) is 2.42. The van der Waals surface area contributed by atoms with Crippen LogP contribution in [0.4, 0.5) is 0 Å². The molecular weight excluding hydrogens is 298 g/mol. The Kier molecular flexibility index (Phi) is 5.41. The van der Waals surface area contributed by atoms with E-state index in [1.807, 2.05) is 0 Å². The molecule has 102 valence electrons. The monoisotopic (exact) mass is 319 g/mol. The number of fused-ring (bicyclic) bond motifs is 1. The van der Waals surface area contributed by atoms with Crippen LogP contribution in [0.25, 0.3) is 10.8 Å². The first-order valence-corrected chi connectivity index (χ1v) is 7.95. The van der Waals surface area contributed by atoms with Crippen molar-refractivity contribution in [1.29, 1.82) is 0 Å². The van der Waals surface area contributed by atoms with Crippen LogP contribution in [0.15, 0.2) is 40.9 Å². The van der Waals surface area contributed by atoms with Gasteiger partial charge in [-0.05, 0) is 41.0 Å². The molecule has 0 heterocycles. The van der Waals surface area contributed by atoms with E-state index in [0.29, 0.717) is 0 Å². The van der Waals surface area contributed by atoms with Crippen LogP contribution in [0.1, 0.15) is 50.6 Å². The molecule has 0 fully saturated rings. The molecule has 0 aliphatic carbocycles. The Morgan fingerprint density at radius 1 is 1.00 bits per heavy atom. The highest BCUT2D eigenvalue weighted by Crippen LogP contribution is 2.25. The summed E-state index contributed by atoms with van der Waals surface area (Å²) in [6.45, 7) is 2.24. The van der Waals surface area contributed by atoms with Crippen molar-refractivity contribution < 1.29 is 0 Å². The maximum absolute atomic E-state index is 6.29. The van der Waals surface area contributed by atoms with E-state index in [4.69, 9.17) is 5.73 Å². The van der Waals surface area contributed by atoms with Gasteiger partial charge in [0.15, 0.2) is 0 Å². The standard InChI is InChI=1S/C17H22BrN/c1-2-3-4-5-6-17(19)15-8-7-14-12-16(18)10-9-13(14)11-15/h7-12,17H,2-6,19H2,1H3. The van der Waals surface area contributed by atoms with Gasteiger partial charge in [0.05, 0.1) is 0 Å². The zero-order chi connectivity index (χ0) is 13.7. The van der Waals surface area contributed by atoms with Crippen molar-refractivity contribution >= 4 is 26.7 Å².